The molecule has 0 aliphatic carbocycles. The van der Waals surface area contributed by atoms with Crippen LogP contribution in [0.2, 0.25) is 5.02 Å². The Balaban J connectivity index is 0.00000180. The van der Waals surface area contributed by atoms with Crippen molar-refractivity contribution in [1.29, 1.82) is 0 Å². The molecule has 1 atom stereocenters. The summed E-state index contributed by atoms with van der Waals surface area (Å²) in [6, 6.07) is 6.53. The van der Waals surface area contributed by atoms with Gasteiger partial charge in [-0.05, 0) is 23.4 Å². The molecule has 3 amide bonds. The van der Waals surface area contributed by atoms with Gasteiger partial charge in [0.05, 0.1) is 0 Å². The zero-order valence-electron chi connectivity index (χ0n) is 9.68. The Morgan fingerprint density at radius 1 is 1.42 bits per heavy atom. The van der Waals surface area contributed by atoms with Crippen molar-refractivity contribution < 1.29 is 35.4 Å². The van der Waals surface area contributed by atoms with E-state index in [1.807, 2.05) is 0 Å². The summed E-state index contributed by atoms with van der Waals surface area (Å²) < 4.78 is 0. The molecule has 5 nitrogen and oxygen atoms in total. The van der Waals surface area contributed by atoms with Gasteiger partial charge in [-0.15, -0.1) is 41.4 Å². The average molecular weight is 449 g/mol. The Morgan fingerprint density at radius 3 is 2.79 bits per heavy atom. The largest absolute Gasteiger partial charge is 2.00 e. The third kappa shape index (κ3) is 4.15. The number of amides is 3. The number of hydrogen-bond acceptors (Lipinski definition) is 3. The van der Waals surface area contributed by atoms with Gasteiger partial charge in [0.2, 0.25) is 11.8 Å². The number of nitrogens with one attached hydrogen (secondary N) is 1. The minimum absolute atomic E-state index is 0. The van der Waals surface area contributed by atoms with Gasteiger partial charge in [0.15, 0.2) is 0 Å². The molecule has 7 heteroatoms. The van der Waals surface area contributed by atoms with Crippen LogP contribution < -0.4 is 5.32 Å². The summed E-state index contributed by atoms with van der Waals surface area (Å²) >= 11 is 5.71. The molecular formula is C12H9ClN2O3W. The van der Waals surface area contributed by atoms with Crippen LogP contribution in [0.4, 0.5) is 0 Å². The topological polar surface area (TPSA) is 77.3 Å². The quantitative estimate of drug-likeness (QED) is 0.550. The van der Waals surface area contributed by atoms with E-state index in [1.165, 1.54) is 6.07 Å². The average Bonchev–Trinajstić information content (AvgIpc) is 2.32. The van der Waals surface area contributed by atoms with Crippen molar-refractivity contribution in [2.75, 3.05) is 0 Å². The van der Waals surface area contributed by atoms with E-state index >= 15 is 0 Å². The SMILES string of the molecule is O=C1CC[C@@H]([N-]C(=O)c2[c-]c(Cl)ccc2)C(=O)N1.[W+2]. The third-order valence-corrected chi connectivity index (χ3v) is 2.69. The van der Waals surface area contributed by atoms with Crippen molar-refractivity contribution in [1.82, 2.24) is 5.32 Å². The standard InChI is InChI=1S/C12H10ClN2O3.W/c13-8-3-1-2-7(6-8)11(17)14-9-4-5-10(16)15-12(9)18;/h1-3,9H,4-5H2,(H2,14,15,16,17,18);/q-1;+2/p-1/t9-;/m1./s1. The van der Waals surface area contributed by atoms with Crippen LogP contribution in [-0.4, -0.2) is 23.8 Å². The first-order chi connectivity index (χ1) is 8.56. The summed E-state index contributed by atoms with van der Waals surface area (Å²) in [7, 11) is 0. The molecule has 0 radical (unpaired) electrons. The van der Waals surface area contributed by atoms with Crippen LogP contribution in [0.25, 0.3) is 5.32 Å². The van der Waals surface area contributed by atoms with Crippen molar-refractivity contribution in [2.45, 2.75) is 18.9 Å². The van der Waals surface area contributed by atoms with Crippen LogP contribution in [0.5, 0.6) is 0 Å². The molecule has 0 unspecified atom stereocenters. The second kappa shape index (κ2) is 6.82. The van der Waals surface area contributed by atoms with E-state index in [2.05, 4.69) is 16.7 Å². The molecule has 0 bridgehead atoms. The smallest absolute Gasteiger partial charge is 0.684 e. The fourth-order valence-corrected chi connectivity index (χ4v) is 1.76. The molecule has 1 saturated heterocycles. The zero-order chi connectivity index (χ0) is 13.1. The first-order valence-electron chi connectivity index (χ1n) is 5.33. The molecule has 1 heterocycles. The predicted molar refractivity (Wildman–Crippen MR) is 64.1 cm³/mol. The molecule has 0 spiro atoms. The molecule has 2 rings (SSSR count). The minimum Gasteiger partial charge on any atom is -0.684 e. The van der Waals surface area contributed by atoms with Gasteiger partial charge in [-0.2, -0.15) is 0 Å². The van der Waals surface area contributed by atoms with Crippen LogP contribution in [0.1, 0.15) is 23.2 Å². The number of nitrogens with zero attached hydrogens (tertiary/aromatic N) is 1. The normalized spacial score (nSPS) is 18.3. The van der Waals surface area contributed by atoms with Gasteiger partial charge >= 0.3 is 21.1 Å². The summed E-state index contributed by atoms with van der Waals surface area (Å²) in [5.74, 6) is -1.44. The fraction of sp³-hybridized carbons (Fsp3) is 0.250. The molecule has 1 aliphatic heterocycles. The van der Waals surface area contributed by atoms with E-state index in [-0.39, 0.29) is 45.4 Å². The number of piperidine rings is 1. The number of rotatable bonds is 2. The summed E-state index contributed by atoms with van der Waals surface area (Å²) in [5, 5.41) is 6.21. The maximum atomic E-state index is 11.8. The zero-order valence-corrected chi connectivity index (χ0v) is 13.4. The van der Waals surface area contributed by atoms with Gasteiger partial charge in [0.1, 0.15) is 0 Å². The second-order valence-electron chi connectivity index (χ2n) is 3.81. The van der Waals surface area contributed by atoms with E-state index in [0.717, 1.165) is 0 Å². The molecule has 19 heavy (non-hydrogen) atoms. The molecule has 1 fully saturated rings. The van der Waals surface area contributed by atoms with Gasteiger partial charge < -0.3 is 10.1 Å². The molecule has 1 N–H and O–H groups in total. The second-order valence-corrected chi connectivity index (χ2v) is 4.22. The molecule has 0 aromatic heterocycles. The Morgan fingerprint density at radius 2 is 2.16 bits per heavy atom. The van der Waals surface area contributed by atoms with Crippen molar-refractivity contribution >= 4 is 29.3 Å². The van der Waals surface area contributed by atoms with Crippen molar-refractivity contribution in [3.05, 3.63) is 40.2 Å². The molecule has 1 aromatic carbocycles. The van der Waals surface area contributed by atoms with Crippen LogP contribution in [0, 0.1) is 6.07 Å². The maximum Gasteiger partial charge on any atom is 2.00 e. The first kappa shape index (κ1) is 15.9. The summed E-state index contributed by atoms with van der Waals surface area (Å²) in [6.07, 6.45) is 0.434. The molecule has 0 saturated carbocycles. The predicted octanol–water partition coefficient (Wildman–Crippen LogP) is 1.46. The van der Waals surface area contributed by atoms with E-state index in [9.17, 15) is 14.4 Å². The Kier molecular flexibility index (Phi) is 5.70. The van der Waals surface area contributed by atoms with Gasteiger partial charge in [0.25, 0.3) is 0 Å². The number of imide groups is 1. The number of benzene rings is 1. The number of carbonyl (C=O) groups is 3. The summed E-state index contributed by atoms with van der Waals surface area (Å²) in [4.78, 5) is 34.1. The molecule has 98 valence electrons. The molecule has 1 aliphatic rings. The third-order valence-electron chi connectivity index (χ3n) is 2.47. The monoisotopic (exact) mass is 448 g/mol. The van der Waals surface area contributed by atoms with E-state index in [1.54, 1.807) is 12.1 Å². The van der Waals surface area contributed by atoms with Crippen LogP contribution >= 0.6 is 11.6 Å². The number of hydrogen-bond donors (Lipinski definition) is 1. The minimum atomic E-state index is -0.817. The van der Waals surface area contributed by atoms with Gasteiger partial charge in [0, 0.05) is 6.42 Å². The number of halogens is 1. The maximum absolute atomic E-state index is 11.8. The Bertz CT molecular complexity index is 521. The number of carbonyl (C=O) groups excluding carboxylic acids is 3. The van der Waals surface area contributed by atoms with E-state index in [4.69, 9.17) is 11.6 Å². The fourth-order valence-electron chi connectivity index (χ4n) is 1.58. The van der Waals surface area contributed by atoms with Gasteiger partial charge in [-0.1, -0.05) is 0 Å². The van der Waals surface area contributed by atoms with Gasteiger partial charge in [-0.25, -0.2) is 0 Å². The molecular weight excluding hydrogens is 439 g/mol. The Hall–Kier alpha value is -1.19. The van der Waals surface area contributed by atoms with Crippen LogP contribution in [0.3, 0.4) is 0 Å². The Labute approximate surface area is 129 Å². The summed E-state index contributed by atoms with van der Waals surface area (Å²) in [6.45, 7) is 0. The van der Waals surface area contributed by atoms with Gasteiger partial charge in [-0.3, -0.25) is 14.9 Å². The molecule has 1 aromatic rings. The van der Waals surface area contributed by atoms with E-state index in [0.29, 0.717) is 5.02 Å². The van der Waals surface area contributed by atoms with Crippen molar-refractivity contribution in [3.63, 3.8) is 0 Å². The van der Waals surface area contributed by atoms with Crippen LogP contribution in [0.15, 0.2) is 18.2 Å². The summed E-state index contributed by atoms with van der Waals surface area (Å²) in [5.41, 5.74) is 0.201. The van der Waals surface area contributed by atoms with Crippen molar-refractivity contribution in [2.24, 2.45) is 0 Å². The van der Waals surface area contributed by atoms with Crippen LogP contribution in [-0.2, 0) is 30.7 Å². The first-order valence-corrected chi connectivity index (χ1v) is 5.71. The van der Waals surface area contributed by atoms with E-state index < -0.39 is 17.9 Å². The van der Waals surface area contributed by atoms with Crippen molar-refractivity contribution in [3.8, 4) is 0 Å².